The molecule has 1 aromatic heterocycles. The third-order valence-corrected chi connectivity index (χ3v) is 8.25. The molecule has 2 N–H and O–H groups in total. The number of likely N-dealkylation sites (tertiary alicyclic amines) is 1. The molecule has 0 amide bonds. The van der Waals surface area contributed by atoms with E-state index >= 15 is 8.78 Å². The average Bonchev–Trinajstić information content (AvgIpc) is 3.73. The van der Waals surface area contributed by atoms with Gasteiger partial charge in [0, 0.05) is 75.5 Å². The van der Waals surface area contributed by atoms with E-state index in [2.05, 4.69) is 20.9 Å². The van der Waals surface area contributed by atoms with Crippen LogP contribution in [0.4, 0.5) is 14.5 Å². The van der Waals surface area contributed by atoms with Crippen molar-refractivity contribution in [3.8, 4) is 11.5 Å². The molecule has 39 heavy (non-hydrogen) atoms. The maximum atomic E-state index is 15.3. The number of halogens is 2. The highest BCUT2D eigenvalue weighted by atomic mass is 19.1. The van der Waals surface area contributed by atoms with Gasteiger partial charge in [0.1, 0.15) is 5.69 Å². The minimum Gasteiger partial charge on any atom is -0.493 e. The lowest BCUT2D eigenvalue weighted by atomic mass is 9.86. The van der Waals surface area contributed by atoms with Gasteiger partial charge in [-0.1, -0.05) is 0 Å². The first-order valence-corrected chi connectivity index (χ1v) is 13.4. The lowest BCUT2D eigenvalue weighted by Crippen LogP contribution is -2.39. The van der Waals surface area contributed by atoms with Crippen molar-refractivity contribution in [3.05, 3.63) is 53.0 Å². The van der Waals surface area contributed by atoms with Crippen molar-refractivity contribution in [1.29, 1.82) is 0 Å². The number of piperidine rings is 1. The van der Waals surface area contributed by atoms with E-state index in [0.29, 0.717) is 25.7 Å². The molecule has 1 saturated heterocycles. The number of hydrogen-bond acceptors (Lipinski definition) is 8. The van der Waals surface area contributed by atoms with Gasteiger partial charge in [0.25, 0.3) is 0 Å². The fraction of sp³-hybridized carbons (Fsp3) is 0.517. The largest absolute Gasteiger partial charge is 0.493 e. The van der Waals surface area contributed by atoms with Crippen molar-refractivity contribution in [1.82, 2.24) is 9.88 Å². The Hall–Kier alpha value is -3.24. The van der Waals surface area contributed by atoms with Gasteiger partial charge in [0.05, 0.1) is 32.6 Å². The summed E-state index contributed by atoms with van der Waals surface area (Å²) in [6, 6.07) is 3.30. The van der Waals surface area contributed by atoms with Crippen LogP contribution in [0.2, 0.25) is 0 Å². The van der Waals surface area contributed by atoms with Crippen LogP contribution in [0.1, 0.15) is 42.5 Å². The van der Waals surface area contributed by atoms with Crippen LogP contribution in [-0.2, 0) is 16.7 Å². The zero-order chi connectivity index (χ0) is 27.6. The first kappa shape index (κ1) is 27.3. The van der Waals surface area contributed by atoms with Crippen molar-refractivity contribution >= 4 is 17.5 Å². The first-order chi connectivity index (χ1) is 18.9. The van der Waals surface area contributed by atoms with Crippen LogP contribution in [0.5, 0.6) is 11.5 Å². The molecule has 210 valence electrons. The summed E-state index contributed by atoms with van der Waals surface area (Å²) >= 11 is 0. The van der Waals surface area contributed by atoms with Crippen LogP contribution < -0.4 is 20.1 Å². The Bertz CT molecular complexity index is 1230. The number of ether oxygens (including phenoxy) is 3. The number of aliphatic imine (C=N–C) groups is 1. The van der Waals surface area contributed by atoms with Gasteiger partial charge in [-0.15, -0.1) is 0 Å². The Kier molecular flexibility index (Phi) is 8.04. The maximum Gasteiger partial charge on any atom is 0.191 e. The van der Waals surface area contributed by atoms with Crippen molar-refractivity contribution < 1.29 is 23.0 Å². The van der Waals surface area contributed by atoms with E-state index in [1.54, 1.807) is 24.4 Å². The summed E-state index contributed by atoms with van der Waals surface area (Å²) in [6.45, 7) is 4.43. The zero-order valence-corrected chi connectivity index (χ0v) is 22.9. The second-order valence-corrected chi connectivity index (χ2v) is 10.6. The van der Waals surface area contributed by atoms with Crippen LogP contribution in [0.15, 0.2) is 29.5 Å². The highest BCUT2D eigenvalue weighted by molar-refractivity contribution is 6.08. The smallest absolute Gasteiger partial charge is 0.191 e. The molecule has 0 atom stereocenters. The molecule has 1 aromatic carbocycles. The average molecular weight is 542 g/mol. The highest BCUT2D eigenvalue weighted by Crippen LogP contribution is 2.54. The molecule has 8 nitrogen and oxygen atoms in total. The van der Waals surface area contributed by atoms with Gasteiger partial charge in [0.2, 0.25) is 0 Å². The zero-order valence-electron chi connectivity index (χ0n) is 22.9. The number of fused-ring (bicyclic) bond motifs is 2. The molecule has 0 unspecified atom stereocenters. The van der Waals surface area contributed by atoms with Gasteiger partial charge < -0.3 is 29.7 Å². The van der Waals surface area contributed by atoms with E-state index < -0.39 is 11.6 Å². The van der Waals surface area contributed by atoms with E-state index in [1.807, 2.05) is 0 Å². The second-order valence-electron chi connectivity index (χ2n) is 10.6. The molecular formula is C29H37F2N5O3. The Morgan fingerprint density at radius 2 is 1.82 bits per heavy atom. The van der Waals surface area contributed by atoms with Crippen LogP contribution in [0.25, 0.3) is 5.57 Å². The lowest BCUT2D eigenvalue weighted by molar-refractivity contribution is 0.0421. The fourth-order valence-corrected chi connectivity index (χ4v) is 5.79. The Balaban J connectivity index is 1.32. The number of rotatable bonds is 9. The number of benzene rings is 1. The number of nitrogens with zero attached hydrogens (tertiary/aromatic N) is 4. The molecule has 0 radical (unpaired) electrons. The molecule has 2 aliphatic heterocycles. The standard InChI is InChI=1S/C29H37F2N5O3/c1-37-21-4-9-35(10-5-21)11-8-33-15-19(14-32)23-12-22-20(16-34-23)17-36(18-29(22)6-7-29)28-26(30)24(38-2)13-25(39-3)27(28)31/h12-16,21H,4-11,17-18,32H2,1-3H3. The molecule has 0 bridgehead atoms. The van der Waals surface area contributed by atoms with Crippen molar-refractivity contribution in [2.75, 3.05) is 59.0 Å². The van der Waals surface area contributed by atoms with E-state index in [1.165, 1.54) is 26.5 Å². The van der Waals surface area contributed by atoms with Gasteiger partial charge in [0.15, 0.2) is 23.1 Å². The topological polar surface area (TPSA) is 85.4 Å². The normalized spacial score (nSPS) is 19.5. The summed E-state index contributed by atoms with van der Waals surface area (Å²) in [5.41, 5.74) is 9.26. The maximum absolute atomic E-state index is 15.3. The number of methoxy groups -OCH3 is 3. The second kappa shape index (κ2) is 11.5. The fourth-order valence-electron chi connectivity index (χ4n) is 5.79. The molecule has 10 heteroatoms. The van der Waals surface area contributed by atoms with Gasteiger partial charge in [-0.2, -0.15) is 0 Å². The molecule has 1 spiro atoms. The van der Waals surface area contributed by atoms with Gasteiger partial charge >= 0.3 is 0 Å². The third kappa shape index (κ3) is 5.45. The lowest BCUT2D eigenvalue weighted by Gasteiger charge is -2.37. The van der Waals surface area contributed by atoms with E-state index in [9.17, 15) is 0 Å². The summed E-state index contributed by atoms with van der Waals surface area (Å²) in [7, 11) is 4.49. The van der Waals surface area contributed by atoms with Crippen LogP contribution in [0.3, 0.4) is 0 Å². The number of nitrogens with two attached hydrogens (primary N) is 1. The van der Waals surface area contributed by atoms with Gasteiger partial charge in [-0.05, 0) is 42.9 Å². The van der Waals surface area contributed by atoms with Crippen LogP contribution in [-0.4, -0.2) is 76.3 Å². The Morgan fingerprint density at radius 1 is 1.13 bits per heavy atom. The molecule has 1 saturated carbocycles. The number of hydrogen-bond donors (Lipinski definition) is 1. The Morgan fingerprint density at radius 3 is 2.41 bits per heavy atom. The number of anilines is 1. The molecular weight excluding hydrogens is 504 g/mol. The minimum atomic E-state index is -0.729. The third-order valence-electron chi connectivity index (χ3n) is 8.25. The summed E-state index contributed by atoms with van der Waals surface area (Å²) in [5.74, 6) is -1.56. The summed E-state index contributed by atoms with van der Waals surface area (Å²) in [4.78, 5) is 13.4. The highest BCUT2D eigenvalue weighted by Gasteiger charge is 2.50. The van der Waals surface area contributed by atoms with E-state index in [4.69, 9.17) is 19.9 Å². The Labute approximate surface area is 228 Å². The number of aromatic nitrogens is 1. The quantitative estimate of drug-likeness (QED) is 0.482. The van der Waals surface area contributed by atoms with Crippen molar-refractivity contribution in [2.45, 2.75) is 43.7 Å². The molecule has 3 heterocycles. The SMILES string of the molecule is COc1cc(OC)c(F)c(N2Cc3cnc(C(C=NCCN4CCC(OC)CC4)=CN)cc3C3(CC3)C2)c1F. The number of pyridine rings is 1. The van der Waals surface area contributed by atoms with Crippen molar-refractivity contribution in [3.63, 3.8) is 0 Å². The molecule has 2 aromatic rings. The predicted molar refractivity (Wildman–Crippen MR) is 148 cm³/mol. The van der Waals surface area contributed by atoms with Crippen molar-refractivity contribution in [2.24, 2.45) is 10.7 Å². The van der Waals surface area contributed by atoms with Crippen LogP contribution in [0, 0.1) is 11.6 Å². The minimum absolute atomic E-state index is 0.0520. The van der Waals surface area contributed by atoms with Crippen LogP contribution >= 0.6 is 0 Å². The summed E-state index contributed by atoms with van der Waals surface area (Å²) < 4.78 is 46.3. The number of allylic oxidation sites excluding steroid dienone is 1. The molecule has 2 fully saturated rings. The predicted octanol–water partition coefficient (Wildman–Crippen LogP) is 3.91. The first-order valence-electron chi connectivity index (χ1n) is 13.4. The van der Waals surface area contributed by atoms with E-state index in [0.717, 1.165) is 67.7 Å². The monoisotopic (exact) mass is 541 g/mol. The molecule has 5 rings (SSSR count). The summed E-state index contributed by atoms with van der Waals surface area (Å²) in [5, 5.41) is 0. The molecule has 3 aliphatic rings. The van der Waals surface area contributed by atoms with Gasteiger partial charge in [-0.25, -0.2) is 8.78 Å². The molecule has 1 aliphatic carbocycles. The van der Waals surface area contributed by atoms with Gasteiger partial charge in [-0.3, -0.25) is 9.98 Å². The van der Waals surface area contributed by atoms with E-state index in [-0.39, 0.29) is 22.6 Å². The summed E-state index contributed by atoms with van der Waals surface area (Å²) in [6.07, 6.45) is 9.45.